The molecule has 57 heavy (non-hydrogen) atoms. The molecule has 4 aromatic carbocycles. The van der Waals surface area contributed by atoms with Crippen LogP contribution in [0.5, 0.6) is 0 Å². The topological polar surface area (TPSA) is 125 Å². The third kappa shape index (κ3) is 8.42. The van der Waals surface area contributed by atoms with Gasteiger partial charge in [-0.2, -0.15) is 0 Å². The Morgan fingerprint density at radius 3 is 2.04 bits per heavy atom. The molecule has 4 heterocycles. The van der Waals surface area contributed by atoms with Crippen LogP contribution in [-0.2, 0) is 16.1 Å². The van der Waals surface area contributed by atoms with Crippen molar-refractivity contribution in [3.63, 3.8) is 0 Å². The number of carbonyl (C=O) groups is 3. The van der Waals surface area contributed by atoms with Crippen molar-refractivity contribution >= 4 is 52.8 Å². The molecule has 3 amide bonds. The Bertz CT molecular complexity index is 2110. The van der Waals surface area contributed by atoms with E-state index in [0.717, 1.165) is 92.8 Å². The number of piperidine rings is 3. The second-order valence-electron chi connectivity index (χ2n) is 16.0. The zero-order valence-corrected chi connectivity index (χ0v) is 32.7. The zero-order chi connectivity index (χ0) is 39.5. The number of hydrogen-bond donors (Lipinski definition) is 4. The average molecular weight is 766 g/mol. The maximum absolute atomic E-state index is 13.1. The molecular formula is C46H52BN5O5. The van der Waals surface area contributed by atoms with Gasteiger partial charge in [-0.3, -0.25) is 19.7 Å². The highest BCUT2D eigenvalue weighted by Crippen LogP contribution is 2.36. The van der Waals surface area contributed by atoms with Crippen LogP contribution >= 0.6 is 0 Å². The van der Waals surface area contributed by atoms with E-state index in [1.807, 2.05) is 30.3 Å². The first kappa shape index (κ1) is 38.6. The van der Waals surface area contributed by atoms with Crippen LogP contribution in [0.4, 0.5) is 11.4 Å². The van der Waals surface area contributed by atoms with Crippen LogP contribution in [0.25, 0.3) is 11.1 Å². The predicted octanol–water partition coefficient (Wildman–Crippen LogP) is 4.97. The summed E-state index contributed by atoms with van der Waals surface area (Å²) in [6, 6.07) is 32.9. The van der Waals surface area contributed by atoms with Crippen molar-refractivity contribution in [2.75, 3.05) is 42.5 Å². The largest absolute Gasteiger partial charge is 0.488 e. The first-order valence-corrected chi connectivity index (χ1v) is 20.6. The fourth-order valence-corrected chi connectivity index (χ4v) is 9.17. The smallest absolute Gasteiger partial charge is 0.423 e. The van der Waals surface area contributed by atoms with Crippen LogP contribution in [0.1, 0.15) is 84.5 Å². The molecule has 4 aliphatic heterocycles. The van der Waals surface area contributed by atoms with Crippen molar-refractivity contribution in [2.45, 2.75) is 70.5 Å². The van der Waals surface area contributed by atoms with E-state index in [-0.39, 0.29) is 24.1 Å². The van der Waals surface area contributed by atoms with E-state index in [1.54, 1.807) is 17.0 Å². The van der Waals surface area contributed by atoms with Crippen molar-refractivity contribution in [3.8, 4) is 0 Å². The van der Waals surface area contributed by atoms with Gasteiger partial charge in [0.05, 0.1) is 0 Å². The van der Waals surface area contributed by atoms with Gasteiger partial charge in [-0.05, 0) is 120 Å². The lowest BCUT2D eigenvalue weighted by Crippen LogP contribution is -2.52. The molecule has 0 bridgehead atoms. The van der Waals surface area contributed by atoms with Gasteiger partial charge in [0.2, 0.25) is 11.8 Å². The first-order chi connectivity index (χ1) is 27.7. The van der Waals surface area contributed by atoms with Crippen molar-refractivity contribution in [3.05, 3.63) is 125 Å². The molecule has 0 radical (unpaired) electrons. The first-order valence-electron chi connectivity index (χ1n) is 20.6. The van der Waals surface area contributed by atoms with Crippen LogP contribution in [-0.4, -0.2) is 84.6 Å². The summed E-state index contributed by atoms with van der Waals surface area (Å²) in [6.07, 6.45) is 5.93. The molecule has 3 saturated heterocycles. The minimum atomic E-state index is -1.49. The Morgan fingerprint density at radius 2 is 1.39 bits per heavy atom. The van der Waals surface area contributed by atoms with Gasteiger partial charge in [0.25, 0.3) is 5.91 Å². The molecule has 0 saturated carbocycles. The second-order valence-corrected chi connectivity index (χ2v) is 16.0. The van der Waals surface area contributed by atoms with Gasteiger partial charge in [0.1, 0.15) is 6.04 Å². The molecule has 10 nitrogen and oxygen atoms in total. The molecular weight excluding hydrogens is 713 g/mol. The summed E-state index contributed by atoms with van der Waals surface area (Å²) < 4.78 is 0. The van der Waals surface area contributed by atoms with Gasteiger partial charge in [-0.1, -0.05) is 73.7 Å². The molecule has 1 atom stereocenters. The van der Waals surface area contributed by atoms with Crippen LogP contribution in [0.2, 0.25) is 0 Å². The van der Waals surface area contributed by atoms with Crippen molar-refractivity contribution in [2.24, 2.45) is 5.92 Å². The Labute approximate surface area is 335 Å². The highest BCUT2D eigenvalue weighted by Gasteiger charge is 2.39. The van der Waals surface area contributed by atoms with E-state index >= 15 is 0 Å². The summed E-state index contributed by atoms with van der Waals surface area (Å²) >= 11 is 0. The lowest BCUT2D eigenvalue weighted by atomic mass is 9.79. The number of amides is 3. The van der Waals surface area contributed by atoms with E-state index in [0.29, 0.717) is 36.0 Å². The van der Waals surface area contributed by atoms with Crippen LogP contribution in [0.3, 0.4) is 0 Å². The summed E-state index contributed by atoms with van der Waals surface area (Å²) in [5, 5.41) is 25.7. The van der Waals surface area contributed by atoms with E-state index in [1.165, 1.54) is 16.8 Å². The van der Waals surface area contributed by atoms with Gasteiger partial charge < -0.3 is 30.1 Å². The van der Waals surface area contributed by atoms with Gasteiger partial charge in [-0.25, -0.2) is 0 Å². The third-order valence-electron chi connectivity index (χ3n) is 12.5. The molecule has 0 aromatic heterocycles. The van der Waals surface area contributed by atoms with Gasteiger partial charge in [0, 0.05) is 62.1 Å². The maximum atomic E-state index is 13.1. The quantitative estimate of drug-likeness (QED) is 0.0960. The summed E-state index contributed by atoms with van der Waals surface area (Å²) in [6.45, 7) is 7.59. The Kier molecular flexibility index (Phi) is 11.6. The number of fused-ring (bicyclic) bond motifs is 1. The monoisotopic (exact) mass is 765 g/mol. The number of imide groups is 1. The van der Waals surface area contributed by atoms with Crippen LogP contribution in [0.15, 0.2) is 97.1 Å². The summed E-state index contributed by atoms with van der Waals surface area (Å²) in [4.78, 5) is 43.8. The van der Waals surface area contributed by atoms with Crippen molar-refractivity contribution < 1.29 is 24.4 Å². The normalized spacial score (nSPS) is 19.7. The van der Waals surface area contributed by atoms with Crippen LogP contribution < -0.4 is 25.9 Å². The molecule has 294 valence electrons. The average Bonchev–Trinajstić information content (AvgIpc) is 3.57. The number of anilines is 2. The molecule has 4 N–H and O–H groups in total. The third-order valence-corrected chi connectivity index (χ3v) is 12.5. The minimum Gasteiger partial charge on any atom is -0.423 e. The van der Waals surface area contributed by atoms with E-state index in [9.17, 15) is 24.4 Å². The number of hydrogen-bond acceptors (Lipinski definition) is 8. The second kappa shape index (κ2) is 17.1. The zero-order valence-electron chi connectivity index (χ0n) is 32.7. The number of nitrogens with zero attached hydrogens (tertiary/aromatic N) is 3. The molecule has 0 aliphatic carbocycles. The summed E-state index contributed by atoms with van der Waals surface area (Å²) in [5.74, 6) is -0.133. The minimum absolute atomic E-state index is 0.130. The molecule has 11 heteroatoms. The fourth-order valence-electron chi connectivity index (χ4n) is 9.17. The number of nitrogens with one attached hydrogen (secondary N) is 2. The number of benzene rings is 4. The number of rotatable bonds is 11. The van der Waals surface area contributed by atoms with E-state index in [4.69, 9.17) is 0 Å². The Morgan fingerprint density at radius 1 is 0.754 bits per heavy atom. The maximum Gasteiger partial charge on any atom is 0.488 e. The van der Waals surface area contributed by atoms with Crippen molar-refractivity contribution in [1.29, 1.82) is 0 Å². The molecule has 4 aliphatic rings. The van der Waals surface area contributed by atoms with Crippen molar-refractivity contribution in [1.82, 2.24) is 15.5 Å². The number of allylic oxidation sites excluding steroid dienone is 1. The highest BCUT2D eigenvalue weighted by molar-refractivity contribution is 6.58. The number of carbonyl (C=O) groups excluding carboxylic acids is 3. The summed E-state index contributed by atoms with van der Waals surface area (Å²) in [5.41, 5.74) is 10.2. The molecule has 4 aromatic rings. The van der Waals surface area contributed by atoms with E-state index in [2.05, 4.69) is 82.0 Å². The van der Waals surface area contributed by atoms with Gasteiger partial charge in [-0.15, -0.1) is 0 Å². The predicted molar refractivity (Wildman–Crippen MR) is 226 cm³/mol. The van der Waals surface area contributed by atoms with E-state index < -0.39 is 13.2 Å². The fraction of sp³-hybridized carbons (Fsp3) is 0.370. The standard InChI is InChI=1S/C46H52BN5O5/c1-2-40(32-6-4-3-5-7-32)44(33-8-12-36(13-9-33)47(56)57)34-10-14-38(15-11-34)50-24-20-31(21-25-50)29-48-37-22-26-51(27-23-37)39-16-17-41-35(28-39)30-52(46(41)55)42-18-19-43(53)49-45(42)54/h3-17,28,31,37,42,48,56-57H,2,18-27,29-30H2,1H3,(H,49,53,54)/b44-40-. The molecule has 3 fully saturated rings. The summed E-state index contributed by atoms with van der Waals surface area (Å²) in [7, 11) is -1.49. The molecule has 0 spiro atoms. The van der Waals surface area contributed by atoms with Gasteiger partial charge in [0.15, 0.2) is 0 Å². The highest BCUT2D eigenvalue weighted by atomic mass is 16.4. The SMILES string of the molecule is CC/C(=C(\c1ccc(B(O)O)cc1)c1ccc(N2CCC(CNC3CCN(c4ccc5c(c4)CN(C4CCC(=O)NC4=O)C5=O)CC3)CC2)cc1)c1ccccc1. The molecule has 8 rings (SSSR count). The molecule has 1 unspecified atom stereocenters. The van der Waals surface area contributed by atoms with Gasteiger partial charge >= 0.3 is 7.12 Å². The van der Waals surface area contributed by atoms with Crippen LogP contribution in [0, 0.1) is 5.92 Å². The Balaban J connectivity index is 0.831. The lowest BCUT2D eigenvalue weighted by molar-refractivity contribution is -0.136. The Hall–Kier alpha value is -5.23. The lowest BCUT2D eigenvalue weighted by Gasteiger charge is -2.37.